The van der Waals surface area contributed by atoms with Crippen LogP contribution < -0.4 is 4.90 Å². The molecule has 22 heavy (non-hydrogen) atoms. The maximum atomic E-state index is 8.86. The summed E-state index contributed by atoms with van der Waals surface area (Å²) in [5.74, 6) is 1.01. The van der Waals surface area contributed by atoms with Gasteiger partial charge in [0.05, 0.1) is 17.3 Å². The lowest BCUT2D eigenvalue weighted by molar-refractivity contribution is 0.243. The van der Waals surface area contributed by atoms with Gasteiger partial charge in [0.15, 0.2) is 0 Å². The maximum Gasteiger partial charge on any atom is 0.136 e. The summed E-state index contributed by atoms with van der Waals surface area (Å²) in [6.45, 7) is 2.74. The molecule has 0 unspecified atom stereocenters. The van der Waals surface area contributed by atoms with Crippen molar-refractivity contribution in [2.24, 2.45) is 0 Å². The first-order valence-electron chi connectivity index (χ1n) is 7.39. The average Bonchev–Trinajstić information content (AvgIpc) is 2.55. The van der Waals surface area contributed by atoms with E-state index >= 15 is 0 Å². The minimum atomic E-state index is 0.705. The number of hydrogen-bond donors (Lipinski definition) is 0. The molecule has 0 saturated heterocycles. The Bertz CT molecular complexity index is 700. The molecule has 112 valence electrons. The molecule has 3 rings (SSSR count). The lowest BCUT2D eigenvalue weighted by atomic mass is 10.0. The molecule has 1 aliphatic rings. The predicted molar refractivity (Wildman–Crippen MR) is 85.3 cm³/mol. The molecule has 2 heterocycles. The Balaban J connectivity index is 1.77. The fourth-order valence-corrected chi connectivity index (χ4v) is 2.85. The topological polar surface area (TPSA) is 56.1 Å². The molecule has 5 heteroatoms. The van der Waals surface area contributed by atoms with Gasteiger partial charge in [0.1, 0.15) is 12.1 Å². The van der Waals surface area contributed by atoms with Crippen molar-refractivity contribution in [1.82, 2.24) is 14.9 Å². The molecule has 2 aromatic rings. The molecule has 5 nitrogen and oxygen atoms in total. The molecule has 0 saturated carbocycles. The molecule has 1 aromatic carbocycles. The number of nitrogens with zero attached hydrogens (tertiary/aromatic N) is 5. The normalized spacial score (nSPS) is 14.2. The van der Waals surface area contributed by atoms with Crippen molar-refractivity contribution >= 4 is 5.82 Å². The maximum absolute atomic E-state index is 8.86. The van der Waals surface area contributed by atoms with Crippen molar-refractivity contribution in [3.05, 3.63) is 53.0 Å². The highest BCUT2D eigenvalue weighted by molar-refractivity contribution is 5.48. The molecular formula is C17H19N5. The van der Waals surface area contributed by atoms with E-state index in [9.17, 15) is 0 Å². The van der Waals surface area contributed by atoms with E-state index in [-0.39, 0.29) is 0 Å². The van der Waals surface area contributed by atoms with Crippen molar-refractivity contribution in [3.63, 3.8) is 0 Å². The van der Waals surface area contributed by atoms with Crippen LogP contribution in [0.4, 0.5) is 5.82 Å². The zero-order valence-corrected chi connectivity index (χ0v) is 13.0. The molecular weight excluding hydrogens is 274 g/mol. The van der Waals surface area contributed by atoms with Gasteiger partial charge in [0.25, 0.3) is 0 Å². The van der Waals surface area contributed by atoms with Crippen molar-refractivity contribution in [2.75, 3.05) is 25.5 Å². The number of hydrogen-bond acceptors (Lipinski definition) is 5. The smallest absolute Gasteiger partial charge is 0.136 e. The van der Waals surface area contributed by atoms with Gasteiger partial charge in [-0.25, -0.2) is 9.97 Å². The quantitative estimate of drug-likeness (QED) is 0.866. The fraction of sp³-hybridized carbons (Fsp3) is 0.353. The lowest BCUT2D eigenvalue weighted by Crippen LogP contribution is -2.32. The van der Waals surface area contributed by atoms with Gasteiger partial charge in [-0.1, -0.05) is 12.1 Å². The van der Waals surface area contributed by atoms with Crippen LogP contribution in [0.3, 0.4) is 0 Å². The first-order valence-corrected chi connectivity index (χ1v) is 7.39. The number of rotatable bonds is 3. The second-order valence-electron chi connectivity index (χ2n) is 5.79. The van der Waals surface area contributed by atoms with E-state index in [0.29, 0.717) is 5.56 Å². The number of nitriles is 1. The molecule has 0 atom stereocenters. The summed E-state index contributed by atoms with van der Waals surface area (Å²) >= 11 is 0. The van der Waals surface area contributed by atoms with Crippen molar-refractivity contribution in [2.45, 2.75) is 19.5 Å². The molecule has 1 aromatic heterocycles. The molecule has 0 radical (unpaired) electrons. The standard InChI is InChI=1S/C17H19N5/c1-21(2)17-15-11-22(8-7-16(15)19-12-20-17)10-14-5-3-13(9-18)4-6-14/h3-6,12H,7-8,10-11H2,1-2H3. The highest BCUT2D eigenvalue weighted by Gasteiger charge is 2.21. The predicted octanol–water partition coefficient (Wildman–Crippen LogP) is 1.97. The molecule has 0 N–H and O–H groups in total. The number of anilines is 1. The summed E-state index contributed by atoms with van der Waals surface area (Å²) in [6.07, 6.45) is 2.61. The van der Waals surface area contributed by atoms with Crippen LogP contribution in [0.5, 0.6) is 0 Å². The van der Waals surface area contributed by atoms with Gasteiger partial charge in [-0.05, 0) is 17.7 Å². The summed E-state index contributed by atoms with van der Waals surface area (Å²) in [6, 6.07) is 9.97. The Morgan fingerprint density at radius 1 is 1.23 bits per heavy atom. The van der Waals surface area contributed by atoms with Crippen LogP contribution in [0.25, 0.3) is 0 Å². The van der Waals surface area contributed by atoms with Crippen LogP contribution >= 0.6 is 0 Å². The number of fused-ring (bicyclic) bond motifs is 1. The largest absolute Gasteiger partial charge is 0.362 e. The van der Waals surface area contributed by atoms with E-state index in [1.807, 2.05) is 43.3 Å². The lowest BCUT2D eigenvalue weighted by Gasteiger charge is -2.30. The second kappa shape index (κ2) is 6.12. The van der Waals surface area contributed by atoms with Crippen molar-refractivity contribution < 1.29 is 0 Å². The third-order valence-electron chi connectivity index (χ3n) is 3.97. The van der Waals surface area contributed by atoms with Gasteiger partial charge < -0.3 is 4.90 Å². The van der Waals surface area contributed by atoms with Gasteiger partial charge in [0.2, 0.25) is 0 Å². The number of benzene rings is 1. The highest BCUT2D eigenvalue weighted by Crippen LogP contribution is 2.25. The third kappa shape index (κ3) is 2.92. The highest BCUT2D eigenvalue weighted by atomic mass is 15.2. The molecule has 0 spiro atoms. The molecule has 0 aliphatic carbocycles. The Labute approximate surface area is 130 Å². The summed E-state index contributed by atoms with van der Waals surface area (Å²) in [5, 5.41) is 8.86. The minimum absolute atomic E-state index is 0.705. The summed E-state index contributed by atoms with van der Waals surface area (Å²) in [4.78, 5) is 13.3. The van der Waals surface area contributed by atoms with Gasteiger partial charge >= 0.3 is 0 Å². The molecule has 0 amide bonds. The van der Waals surface area contributed by atoms with Crippen molar-refractivity contribution in [1.29, 1.82) is 5.26 Å². The molecule has 1 aliphatic heterocycles. The second-order valence-corrected chi connectivity index (χ2v) is 5.79. The van der Waals surface area contributed by atoms with Gasteiger partial charge in [-0.15, -0.1) is 0 Å². The van der Waals surface area contributed by atoms with Crippen LogP contribution in [-0.2, 0) is 19.5 Å². The Kier molecular flexibility index (Phi) is 4.03. The summed E-state index contributed by atoms with van der Waals surface area (Å²) in [5.41, 5.74) is 4.32. The summed E-state index contributed by atoms with van der Waals surface area (Å²) in [7, 11) is 4.03. The van der Waals surface area contributed by atoms with Crippen molar-refractivity contribution in [3.8, 4) is 6.07 Å². The van der Waals surface area contributed by atoms with Crippen LogP contribution in [-0.4, -0.2) is 35.5 Å². The van der Waals surface area contributed by atoms with Gasteiger partial charge in [0, 0.05) is 45.7 Å². The summed E-state index contributed by atoms with van der Waals surface area (Å²) < 4.78 is 0. The Hall–Kier alpha value is -2.45. The zero-order chi connectivity index (χ0) is 15.5. The van der Waals surface area contributed by atoms with Crippen LogP contribution in [0.15, 0.2) is 30.6 Å². The fourth-order valence-electron chi connectivity index (χ4n) is 2.85. The van der Waals surface area contributed by atoms with Gasteiger partial charge in [-0.3, -0.25) is 4.90 Å². The van der Waals surface area contributed by atoms with Crippen LogP contribution in [0, 0.1) is 11.3 Å². The van der Waals surface area contributed by atoms with E-state index in [1.54, 1.807) is 6.33 Å². The SMILES string of the molecule is CN(C)c1ncnc2c1CN(Cc1ccc(C#N)cc1)CC2. The average molecular weight is 293 g/mol. The van der Waals surface area contributed by atoms with Gasteiger partial charge in [-0.2, -0.15) is 5.26 Å². The van der Waals surface area contributed by atoms with E-state index in [1.165, 1.54) is 11.1 Å². The van der Waals surface area contributed by atoms with E-state index in [0.717, 1.165) is 37.6 Å². The molecule has 0 fully saturated rings. The van der Waals surface area contributed by atoms with E-state index in [2.05, 4.69) is 20.9 Å². The Morgan fingerprint density at radius 3 is 2.68 bits per heavy atom. The monoisotopic (exact) mass is 293 g/mol. The zero-order valence-electron chi connectivity index (χ0n) is 13.0. The van der Waals surface area contributed by atoms with Crippen LogP contribution in [0.2, 0.25) is 0 Å². The third-order valence-corrected chi connectivity index (χ3v) is 3.97. The Morgan fingerprint density at radius 2 is 2.00 bits per heavy atom. The molecule has 0 bridgehead atoms. The van der Waals surface area contributed by atoms with E-state index < -0.39 is 0 Å². The van der Waals surface area contributed by atoms with Crippen LogP contribution in [0.1, 0.15) is 22.4 Å². The number of aromatic nitrogens is 2. The van der Waals surface area contributed by atoms with E-state index in [4.69, 9.17) is 5.26 Å². The first kappa shape index (κ1) is 14.5. The first-order chi connectivity index (χ1) is 10.7. The minimum Gasteiger partial charge on any atom is -0.362 e.